The molecule has 3 N–H and O–H groups in total. The highest BCUT2D eigenvalue weighted by atomic mass is 16.4. The summed E-state index contributed by atoms with van der Waals surface area (Å²) in [6.45, 7) is 5.01. The molecule has 0 saturated heterocycles. The minimum atomic E-state index is -0.952. The highest BCUT2D eigenvalue weighted by molar-refractivity contribution is 5.93. The van der Waals surface area contributed by atoms with Crippen molar-refractivity contribution in [3.05, 3.63) is 0 Å². The SMILES string of the molecule is CCC(=O)C(C)(C)NC(=O)[C@H](CCC(=O)O)NC. The van der Waals surface area contributed by atoms with Gasteiger partial charge in [0.2, 0.25) is 5.91 Å². The van der Waals surface area contributed by atoms with Crippen LogP contribution in [-0.4, -0.2) is 41.4 Å². The van der Waals surface area contributed by atoms with Crippen molar-refractivity contribution in [1.29, 1.82) is 0 Å². The maximum Gasteiger partial charge on any atom is 0.303 e. The van der Waals surface area contributed by atoms with Crippen LogP contribution >= 0.6 is 0 Å². The Morgan fingerprint density at radius 1 is 1.28 bits per heavy atom. The fourth-order valence-corrected chi connectivity index (χ4v) is 1.58. The lowest BCUT2D eigenvalue weighted by Gasteiger charge is -2.27. The summed E-state index contributed by atoms with van der Waals surface area (Å²) in [5, 5.41) is 14.0. The number of nitrogens with one attached hydrogen (secondary N) is 2. The largest absolute Gasteiger partial charge is 0.481 e. The zero-order chi connectivity index (χ0) is 14.3. The van der Waals surface area contributed by atoms with E-state index < -0.39 is 17.6 Å². The van der Waals surface area contributed by atoms with Crippen LogP contribution in [0.15, 0.2) is 0 Å². The average molecular weight is 258 g/mol. The zero-order valence-electron chi connectivity index (χ0n) is 11.4. The molecule has 0 aromatic heterocycles. The fraction of sp³-hybridized carbons (Fsp3) is 0.750. The predicted molar refractivity (Wildman–Crippen MR) is 67.2 cm³/mol. The third-order valence-electron chi connectivity index (χ3n) is 2.77. The van der Waals surface area contributed by atoms with Crippen LogP contribution < -0.4 is 10.6 Å². The Bertz CT molecular complexity index is 326. The van der Waals surface area contributed by atoms with Gasteiger partial charge in [-0.05, 0) is 27.3 Å². The highest BCUT2D eigenvalue weighted by Crippen LogP contribution is 2.08. The predicted octanol–water partition coefficient (Wildman–Crippen LogP) is 0.313. The number of carbonyl (C=O) groups is 3. The van der Waals surface area contributed by atoms with E-state index in [1.54, 1.807) is 27.8 Å². The first kappa shape index (κ1) is 16.6. The molecule has 1 amide bonds. The zero-order valence-corrected chi connectivity index (χ0v) is 11.4. The van der Waals surface area contributed by atoms with Crippen LogP contribution in [-0.2, 0) is 14.4 Å². The first-order chi connectivity index (χ1) is 8.24. The van der Waals surface area contributed by atoms with E-state index >= 15 is 0 Å². The number of likely N-dealkylation sites (N-methyl/N-ethyl adjacent to an activating group) is 1. The molecular weight excluding hydrogens is 236 g/mol. The number of amides is 1. The van der Waals surface area contributed by atoms with Crippen LogP contribution in [0.3, 0.4) is 0 Å². The van der Waals surface area contributed by atoms with Gasteiger partial charge in [-0.1, -0.05) is 6.92 Å². The Hall–Kier alpha value is -1.43. The molecule has 0 saturated carbocycles. The molecule has 0 aliphatic carbocycles. The van der Waals surface area contributed by atoms with Crippen molar-refractivity contribution in [1.82, 2.24) is 10.6 Å². The molecule has 0 heterocycles. The molecule has 0 aliphatic heterocycles. The molecule has 0 fully saturated rings. The van der Waals surface area contributed by atoms with E-state index in [1.807, 2.05) is 0 Å². The van der Waals surface area contributed by atoms with Crippen LogP contribution in [0, 0.1) is 0 Å². The van der Waals surface area contributed by atoms with E-state index in [0.29, 0.717) is 6.42 Å². The van der Waals surface area contributed by atoms with Gasteiger partial charge in [-0.3, -0.25) is 14.4 Å². The molecule has 0 spiro atoms. The molecule has 0 unspecified atom stereocenters. The lowest BCUT2D eigenvalue weighted by molar-refractivity contribution is -0.137. The molecule has 18 heavy (non-hydrogen) atoms. The number of carboxylic acid groups (broad SMARTS) is 1. The number of hydrogen-bond acceptors (Lipinski definition) is 4. The van der Waals surface area contributed by atoms with Crippen molar-refractivity contribution in [2.45, 2.75) is 51.6 Å². The lowest BCUT2D eigenvalue weighted by atomic mass is 9.96. The lowest BCUT2D eigenvalue weighted by Crippen LogP contribution is -2.55. The Balaban J connectivity index is 4.52. The van der Waals surface area contributed by atoms with Gasteiger partial charge in [0, 0.05) is 12.8 Å². The third-order valence-corrected chi connectivity index (χ3v) is 2.77. The van der Waals surface area contributed by atoms with Crippen molar-refractivity contribution < 1.29 is 19.5 Å². The molecule has 104 valence electrons. The van der Waals surface area contributed by atoms with Crippen molar-refractivity contribution in [3.63, 3.8) is 0 Å². The topological polar surface area (TPSA) is 95.5 Å². The molecule has 0 bridgehead atoms. The van der Waals surface area contributed by atoms with Crippen LogP contribution in [0.2, 0.25) is 0 Å². The van der Waals surface area contributed by atoms with Gasteiger partial charge in [0.25, 0.3) is 0 Å². The quantitative estimate of drug-likeness (QED) is 0.582. The minimum Gasteiger partial charge on any atom is -0.481 e. The van der Waals surface area contributed by atoms with Crippen LogP contribution in [0.1, 0.15) is 40.0 Å². The molecule has 0 radical (unpaired) electrons. The van der Waals surface area contributed by atoms with Gasteiger partial charge in [0.15, 0.2) is 5.78 Å². The standard InChI is InChI=1S/C12H22N2O4/c1-5-9(15)12(2,3)14-11(18)8(13-4)6-7-10(16)17/h8,13H,5-7H2,1-4H3,(H,14,18)(H,16,17)/t8-/m0/s1. The van der Waals surface area contributed by atoms with Crippen molar-refractivity contribution in [3.8, 4) is 0 Å². The molecular formula is C12H22N2O4. The molecule has 6 nitrogen and oxygen atoms in total. The van der Waals surface area contributed by atoms with Gasteiger partial charge in [0.05, 0.1) is 11.6 Å². The first-order valence-electron chi connectivity index (χ1n) is 5.99. The van der Waals surface area contributed by atoms with Crippen LogP contribution in [0.25, 0.3) is 0 Å². The van der Waals surface area contributed by atoms with E-state index in [0.717, 1.165) is 0 Å². The summed E-state index contributed by atoms with van der Waals surface area (Å²) >= 11 is 0. The summed E-state index contributed by atoms with van der Waals surface area (Å²) < 4.78 is 0. The summed E-state index contributed by atoms with van der Waals surface area (Å²) in [7, 11) is 1.58. The summed E-state index contributed by atoms with van der Waals surface area (Å²) in [6, 6.07) is -0.606. The van der Waals surface area contributed by atoms with Crippen molar-refractivity contribution >= 4 is 17.7 Å². The van der Waals surface area contributed by atoms with Gasteiger partial charge in [0.1, 0.15) is 0 Å². The van der Waals surface area contributed by atoms with Gasteiger partial charge in [-0.25, -0.2) is 0 Å². The fourth-order valence-electron chi connectivity index (χ4n) is 1.58. The smallest absolute Gasteiger partial charge is 0.303 e. The summed E-state index contributed by atoms with van der Waals surface area (Å²) in [6.07, 6.45) is 0.432. The number of ketones is 1. The Morgan fingerprint density at radius 3 is 2.22 bits per heavy atom. The van der Waals surface area contributed by atoms with E-state index in [-0.39, 0.29) is 24.5 Å². The number of aliphatic carboxylic acids is 1. The second-order valence-electron chi connectivity index (χ2n) is 4.66. The number of carboxylic acids is 1. The molecule has 0 rings (SSSR count). The summed E-state index contributed by atoms with van der Waals surface area (Å²) in [5.74, 6) is -1.37. The van der Waals surface area contributed by atoms with Crippen LogP contribution in [0.4, 0.5) is 0 Å². The number of Topliss-reactive ketones (excluding diaryl/α,β-unsaturated/α-hetero) is 1. The molecule has 0 aliphatic rings. The number of hydrogen-bond donors (Lipinski definition) is 3. The molecule has 1 atom stereocenters. The summed E-state index contributed by atoms with van der Waals surface area (Å²) in [5.41, 5.74) is -0.926. The van der Waals surface area contributed by atoms with E-state index in [2.05, 4.69) is 10.6 Å². The maximum atomic E-state index is 11.9. The molecule has 0 aromatic rings. The van der Waals surface area contributed by atoms with E-state index in [9.17, 15) is 14.4 Å². The Morgan fingerprint density at radius 2 is 1.83 bits per heavy atom. The third kappa shape index (κ3) is 5.27. The molecule has 0 aromatic carbocycles. The molecule has 6 heteroatoms. The van der Waals surface area contributed by atoms with Gasteiger partial charge < -0.3 is 15.7 Å². The van der Waals surface area contributed by atoms with Crippen molar-refractivity contribution in [2.24, 2.45) is 0 Å². The van der Waals surface area contributed by atoms with Crippen molar-refractivity contribution in [2.75, 3.05) is 7.05 Å². The van der Waals surface area contributed by atoms with E-state index in [1.165, 1.54) is 0 Å². The maximum absolute atomic E-state index is 11.9. The number of rotatable bonds is 8. The number of carbonyl (C=O) groups excluding carboxylic acids is 2. The van der Waals surface area contributed by atoms with Gasteiger partial charge in [-0.2, -0.15) is 0 Å². The second kappa shape index (κ2) is 7.10. The van der Waals surface area contributed by atoms with Crippen LogP contribution in [0.5, 0.6) is 0 Å². The van der Waals surface area contributed by atoms with E-state index in [4.69, 9.17) is 5.11 Å². The Kier molecular flexibility index (Phi) is 6.54. The summed E-state index contributed by atoms with van der Waals surface area (Å²) in [4.78, 5) is 34.0. The highest BCUT2D eigenvalue weighted by Gasteiger charge is 2.30. The second-order valence-corrected chi connectivity index (χ2v) is 4.66. The Labute approximate surface area is 107 Å². The van der Waals surface area contributed by atoms with Gasteiger partial charge in [-0.15, -0.1) is 0 Å². The van der Waals surface area contributed by atoms with Gasteiger partial charge >= 0.3 is 5.97 Å². The first-order valence-corrected chi connectivity index (χ1v) is 5.99. The minimum absolute atomic E-state index is 0.0658. The monoisotopic (exact) mass is 258 g/mol. The normalized spacial score (nSPS) is 12.9. The average Bonchev–Trinajstić information content (AvgIpc) is 2.27.